The quantitative estimate of drug-likeness (QED) is 0.619. The van der Waals surface area contributed by atoms with Crippen LogP contribution in [-0.4, -0.2) is 31.0 Å². The minimum atomic E-state index is -0.0598. The molecule has 0 saturated carbocycles. The monoisotopic (exact) mass is 248 g/mol. The third-order valence-corrected chi connectivity index (χ3v) is 2.66. The molecule has 4 heteroatoms. The highest BCUT2D eigenvalue weighted by Gasteiger charge is 2.04. The number of hydrogen-bond acceptors (Lipinski definition) is 3. The molecule has 1 amide bonds. The number of carbonyl (C=O) groups excluding carboxylic acids is 1. The predicted octanol–water partition coefficient (Wildman–Crippen LogP) is 1.09. The molecule has 0 spiro atoms. The highest BCUT2D eigenvalue weighted by Crippen LogP contribution is 2.04. The van der Waals surface area contributed by atoms with Gasteiger partial charge in [0.25, 0.3) is 5.91 Å². The first-order chi connectivity index (χ1) is 8.27. The number of hydrogen-bond donors (Lipinski definition) is 2. The molecule has 3 nitrogen and oxygen atoms in total. The van der Waals surface area contributed by atoms with E-state index in [-0.39, 0.29) is 5.91 Å². The van der Waals surface area contributed by atoms with E-state index in [9.17, 15) is 4.79 Å². The highest BCUT2D eigenvalue weighted by atomic mass is 32.2. The maximum atomic E-state index is 11.8. The Hall–Kier alpha value is -1.44. The molecule has 17 heavy (non-hydrogen) atoms. The van der Waals surface area contributed by atoms with Gasteiger partial charge in [-0.25, -0.2) is 0 Å². The zero-order valence-corrected chi connectivity index (χ0v) is 10.6. The van der Waals surface area contributed by atoms with Crippen LogP contribution < -0.4 is 11.1 Å². The summed E-state index contributed by atoms with van der Waals surface area (Å²) < 4.78 is 0. The van der Waals surface area contributed by atoms with Crippen LogP contribution in [0.25, 0.3) is 0 Å². The number of rotatable bonds is 4. The summed E-state index contributed by atoms with van der Waals surface area (Å²) >= 11 is 1.70. The van der Waals surface area contributed by atoms with E-state index in [4.69, 9.17) is 5.73 Å². The average Bonchev–Trinajstić information content (AvgIpc) is 2.37. The predicted molar refractivity (Wildman–Crippen MR) is 73.1 cm³/mol. The van der Waals surface area contributed by atoms with Gasteiger partial charge in [0.1, 0.15) is 0 Å². The number of nitrogens with one attached hydrogen (secondary N) is 1. The van der Waals surface area contributed by atoms with Gasteiger partial charge in [-0.1, -0.05) is 17.9 Å². The molecule has 0 aromatic heterocycles. The summed E-state index contributed by atoms with van der Waals surface area (Å²) in [7, 11) is 0. The lowest BCUT2D eigenvalue weighted by Crippen LogP contribution is -2.25. The summed E-state index contributed by atoms with van der Waals surface area (Å²) in [6, 6.07) is 7.24. The van der Waals surface area contributed by atoms with Gasteiger partial charge < -0.3 is 11.1 Å². The van der Waals surface area contributed by atoms with E-state index >= 15 is 0 Å². The maximum absolute atomic E-state index is 11.8. The van der Waals surface area contributed by atoms with Crippen molar-refractivity contribution in [3.8, 4) is 11.8 Å². The molecule has 3 N–H and O–H groups in total. The van der Waals surface area contributed by atoms with Crippen LogP contribution in [0.1, 0.15) is 15.9 Å². The van der Waals surface area contributed by atoms with E-state index in [0.29, 0.717) is 18.7 Å². The van der Waals surface area contributed by atoms with Crippen molar-refractivity contribution in [2.75, 3.05) is 25.1 Å². The van der Waals surface area contributed by atoms with Gasteiger partial charge in [0.2, 0.25) is 0 Å². The molecule has 1 aromatic carbocycles. The fraction of sp³-hybridized carbons (Fsp3) is 0.308. The van der Waals surface area contributed by atoms with Gasteiger partial charge in [-0.3, -0.25) is 4.79 Å². The molecule has 0 aliphatic carbocycles. The third-order valence-electron chi connectivity index (χ3n) is 2.05. The number of thioether (sulfide) groups is 1. The van der Waals surface area contributed by atoms with Gasteiger partial charge in [0.15, 0.2) is 0 Å². The molecule has 0 atom stereocenters. The van der Waals surface area contributed by atoms with Crippen molar-refractivity contribution < 1.29 is 4.79 Å². The van der Waals surface area contributed by atoms with E-state index in [1.54, 1.807) is 23.9 Å². The molecular weight excluding hydrogens is 232 g/mol. The Bertz CT molecular complexity index is 435. The lowest BCUT2D eigenvalue weighted by Gasteiger charge is -2.04. The lowest BCUT2D eigenvalue weighted by atomic mass is 10.1. The SMILES string of the molecule is CSCCNC(=O)c1cccc(C#CCN)c1. The van der Waals surface area contributed by atoms with Crippen molar-refractivity contribution in [1.82, 2.24) is 5.32 Å². The second kappa shape index (κ2) is 7.77. The Morgan fingerprint density at radius 2 is 2.35 bits per heavy atom. The van der Waals surface area contributed by atoms with Crippen molar-refractivity contribution in [3.05, 3.63) is 35.4 Å². The largest absolute Gasteiger partial charge is 0.351 e. The van der Waals surface area contributed by atoms with Crippen LogP contribution in [0.2, 0.25) is 0 Å². The van der Waals surface area contributed by atoms with Crippen LogP contribution in [0.5, 0.6) is 0 Å². The molecule has 0 aliphatic heterocycles. The van der Waals surface area contributed by atoms with Gasteiger partial charge in [0.05, 0.1) is 6.54 Å². The molecule has 0 unspecified atom stereocenters. The Labute approximate surface area is 106 Å². The zero-order chi connectivity index (χ0) is 12.5. The standard InChI is InChI=1S/C13H16N2OS/c1-17-9-8-15-13(16)12-6-2-4-11(10-12)5-3-7-14/h2,4,6,10H,7-9,14H2,1H3,(H,15,16). The van der Waals surface area contributed by atoms with Crippen molar-refractivity contribution in [3.63, 3.8) is 0 Å². The molecule has 90 valence electrons. The molecule has 1 aromatic rings. The van der Waals surface area contributed by atoms with Crippen LogP contribution in [0.3, 0.4) is 0 Å². The number of amides is 1. The van der Waals surface area contributed by atoms with Gasteiger partial charge in [-0.05, 0) is 24.5 Å². The summed E-state index contributed by atoms with van der Waals surface area (Å²) in [6.07, 6.45) is 2.01. The Morgan fingerprint density at radius 1 is 1.53 bits per heavy atom. The summed E-state index contributed by atoms with van der Waals surface area (Å²) in [5.41, 5.74) is 6.75. The second-order valence-electron chi connectivity index (χ2n) is 3.34. The first kappa shape index (κ1) is 13.6. The molecular formula is C13H16N2OS. The minimum absolute atomic E-state index is 0.0598. The van der Waals surface area contributed by atoms with Gasteiger partial charge in [-0.2, -0.15) is 11.8 Å². The summed E-state index contributed by atoms with van der Waals surface area (Å²) in [6.45, 7) is 1.00. The molecule has 0 radical (unpaired) electrons. The van der Waals surface area contributed by atoms with Crippen molar-refractivity contribution in [1.29, 1.82) is 0 Å². The van der Waals surface area contributed by atoms with Crippen molar-refractivity contribution >= 4 is 17.7 Å². The number of benzene rings is 1. The van der Waals surface area contributed by atoms with Crippen LogP contribution in [0, 0.1) is 11.8 Å². The molecule has 0 fully saturated rings. The Balaban J connectivity index is 2.67. The number of carbonyl (C=O) groups is 1. The van der Waals surface area contributed by atoms with Crippen LogP contribution in [-0.2, 0) is 0 Å². The highest BCUT2D eigenvalue weighted by molar-refractivity contribution is 7.98. The van der Waals surface area contributed by atoms with E-state index < -0.39 is 0 Å². The Kier molecular flexibility index (Phi) is 6.23. The normalized spacial score (nSPS) is 9.29. The van der Waals surface area contributed by atoms with E-state index in [1.165, 1.54) is 0 Å². The molecule has 0 bridgehead atoms. The average molecular weight is 248 g/mol. The first-order valence-corrected chi connectivity index (χ1v) is 6.73. The summed E-state index contributed by atoms with van der Waals surface area (Å²) in [5.74, 6) is 6.53. The molecule has 0 heterocycles. The molecule has 0 saturated heterocycles. The summed E-state index contributed by atoms with van der Waals surface area (Å²) in [5, 5.41) is 2.85. The van der Waals surface area contributed by atoms with Crippen LogP contribution >= 0.6 is 11.8 Å². The fourth-order valence-corrected chi connectivity index (χ4v) is 1.57. The molecule has 0 aliphatic rings. The fourth-order valence-electron chi connectivity index (χ4n) is 1.26. The Morgan fingerprint density at radius 3 is 3.06 bits per heavy atom. The molecule has 1 rings (SSSR count). The summed E-state index contributed by atoms with van der Waals surface area (Å²) in [4.78, 5) is 11.8. The van der Waals surface area contributed by atoms with Crippen LogP contribution in [0.15, 0.2) is 24.3 Å². The van der Waals surface area contributed by atoms with Crippen LogP contribution in [0.4, 0.5) is 0 Å². The number of nitrogens with two attached hydrogens (primary N) is 1. The van der Waals surface area contributed by atoms with Crippen molar-refractivity contribution in [2.24, 2.45) is 5.73 Å². The van der Waals surface area contributed by atoms with Crippen molar-refractivity contribution in [2.45, 2.75) is 0 Å². The smallest absolute Gasteiger partial charge is 0.251 e. The van der Waals surface area contributed by atoms with Gasteiger partial charge in [0, 0.05) is 23.4 Å². The van der Waals surface area contributed by atoms with E-state index in [2.05, 4.69) is 17.2 Å². The minimum Gasteiger partial charge on any atom is -0.351 e. The van der Waals surface area contributed by atoms with Gasteiger partial charge in [-0.15, -0.1) is 0 Å². The third kappa shape index (κ3) is 4.94. The maximum Gasteiger partial charge on any atom is 0.251 e. The topological polar surface area (TPSA) is 55.1 Å². The second-order valence-corrected chi connectivity index (χ2v) is 4.32. The lowest BCUT2D eigenvalue weighted by molar-refractivity contribution is 0.0956. The van der Waals surface area contributed by atoms with E-state index in [1.807, 2.05) is 18.4 Å². The van der Waals surface area contributed by atoms with Gasteiger partial charge >= 0.3 is 0 Å². The first-order valence-electron chi connectivity index (χ1n) is 5.34. The zero-order valence-electron chi connectivity index (χ0n) is 9.82. The van der Waals surface area contributed by atoms with E-state index in [0.717, 1.165) is 11.3 Å².